The molecule has 0 aliphatic rings. The van der Waals surface area contributed by atoms with Crippen LogP contribution in [0.4, 0.5) is 5.69 Å². The molecule has 5 nitrogen and oxygen atoms in total. The molecule has 1 N–H and O–H groups in total. The van der Waals surface area contributed by atoms with Gasteiger partial charge in [-0.25, -0.2) is 8.42 Å². The second-order valence-electron chi connectivity index (χ2n) is 6.25. The third-order valence-corrected chi connectivity index (χ3v) is 7.17. The molecule has 152 valence electrons. The number of hydrogen-bond acceptors (Lipinski definition) is 3. The predicted octanol–water partition coefficient (Wildman–Crippen LogP) is 5.13. The molecule has 0 aliphatic carbocycles. The SMILES string of the molecule is CCC(CC)NC(=O)c1cc(S(=O)(=O)N(CC)c2ccccc2)c(Cl)cc1Cl. The highest BCUT2D eigenvalue weighted by atomic mass is 35.5. The van der Waals surface area contributed by atoms with Crippen LogP contribution in [0.3, 0.4) is 0 Å². The summed E-state index contributed by atoms with van der Waals surface area (Å²) in [6, 6.07) is 11.3. The van der Waals surface area contributed by atoms with Crippen molar-refractivity contribution in [3.63, 3.8) is 0 Å². The van der Waals surface area contributed by atoms with Crippen molar-refractivity contribution >= 4 is 44.8 Å². The molecular formula is C20H24Cl2N2O3S. The van der Waals surface area contributed by atoms with Gasteiger partial charge in [0.25, 0.3) is 15.9 Å². The lowest BCUT2D eigenvalue weighted by Crippen LogP contribution is -2.34. The van der Waals surface area contributed by atoms with Crippen LogP contribution in [-0.4, -0.2) is 26.9 Å². The van der Waals surface area contributed by atoms with Gasteiger partial charge in [-0.15, -0.1) is 0 Å². The van der Waals surface area contributed by atoms with Crippen LogP contribution in [0.1, 0.15) is 44.0 Å². The van der Waals surface area contributed by atoms with E-state index in [2.05, 4.69) is 5.32 Å². The van der Waals surface area contributed by atoms with Gasteiger partial charge in [0.1, 0.15) is 4.90 Å². The molecule has 0 saturated carbocycles. The van der Waals surface area contributed by atoms with Crippen molar-refractivity contribution < 1.29 is 13.2 Å². The fourth-order valence-electron chi connectivity index (χ4n) is 2.86. The lowest BCUT2D eigenvalue weighted by atomic mass is 10.1. The zero-order chi connectivity index (χ0) is 20.9. The molecule has 8 heteroatoms. The van der Waals surface area contributed by atoms with Crippen molar-refractivity contribution in [2.75, 3.05) is 10.8 Å². The van der Waals surface area contributed by atoms with E-state index in [1.54, 1.807) is 37.3 Å². The maximum atomic E-state index is 13.3. The molecule has 2 rings (SSSR count). The van der Waals surface area contributed by atoms with E-state index in [1.807, 2.05) is 13.8 Å². The van der Waals surface area contributed by atoms with E-state index in [9.17, 15) is 13.2 Å². The average Bonchev–Trinajstić information content (AvgIpc) is 2.66. The van der Waals surface area contributed by atoms with Crippen LogP contribution in [-0.2, 0) is 10.0 Å². The van der Waals surface area contributed by atoms with E-state index in [-0.39, 0.29) is 33.1 Å². The topological polar surface area (TPSA) is 66.5 Å². The fourth-order valence-corrected chi connectivity index (χ4v) is 5.17. The summed E-state index contributed by atoms with van der Waals surface area (Å²) in [6.07, 6.45) is 1.52. The lowest BCUT2D eigenvalue weighted by molar-refractivity contribution is 0.0935. The summed E-state index contributed by atoms with van der Waals surface area (Å²) < 4.78 is 27.8. The quantitative estimate of drug-likeness (QED) is 0.615. The lowest BCUT2D eigenvalue weighted by Gasteiger charge is -2.24. The van der Waals surface area contributed by atoms with E-state index in [1.165, 1.54) is 16.4 Å². The number of benzene rings is 2. The van der Waals surface area contributed by atoms with Crippen molar-refractivity contribution in [2.24, 2.45) is 0 Å². The summed E-state index contributed by atoms with van der Waals surface area (Å²) in [5.41, 5.74) is 0.597. The Morgan fingerprint density at radius 1 is 1.04 bits per heavy atom. The molecule has 28 heavy (non-hydrogen) atoms. The Hall–Kier alpha value is -1.76. The summed E-state index contributed by atoms with van der Waals surface area (Å²) in [4.78, 5) is 12.5. The third-order valence-electron chi connectivity index (χ3n) is 4.49. The molecular weight excluding hydrogens is 419 g/mol. The first-order valence-corrected chi connectivity index (χ1v) is 11.3. The number of amides is 1. The van der Waals surface area contributed by atoms with Gasteiger partial charge in [0.2, 0.25) is 0 Å². The van der Waals surface area contributed by atoms with E-state index in [4.69, 9.17) is 23.2 Å². The summed E-state index contributed by atoms with van der Waals surface area (Å²) in [5, 5.41) is 2.95. The van der Waals surface area contributed by atoms with Gasteiger partial charge in [-0.05, 0) is 44.0 Å². The largest absolute Gasteiger partial charge is 0.349 e. The number of hydrogen-bond donors (Lipinski definition) is 1. The van der Waals surface area contributed by atoms with Crippen molar-refractivity contribution in [1.82, 2.24) is 5.32 Å². The minimum absolute atomic E-state index is 0.0178. The summed E-state index contributed by atoms with van der Waals surface area (Å²) in [5.74, 6) is -0.422. The molecule has 0 fully saturated rings. The van der Waals surface area contributed by atoms with Crippen LogP contribution >= 0.6 is 23.2 Å². The Kier molecular flexibility index (Phi) is 7.75. The molecule has 0 bridgehead atoms. The summed E-state index contributed by atoms with van der Waals surface area (Å²) >= 11 is 12.4. The van der Waals surface area contributed by atoms with Crippen LogP contribution in [0.25, 0.3) is 0 Å². The van der Waals surface area contributed by atoms with Gasteiger partial charge in [0.05, 0.1) is 21.3 Å². The molecule has 0 saturated heterocycles. The first kappa shape index (κ1) is 22.5. The molecule has 1 amide bonds. The highest BCUT2D eigenvalue weighted by molar-refractivity contribution is 7.93. The second kappa shape index (κ2) is 9.63. The molecule has 0 unspecified atom stereocenters. The molecule has 2 aromatic rings. The van der Waals surface area contributed by atoms with E-state index >= 15 is 0 Å². The average molecular weight is 443 g/mol. The number of para-hydroxylation sites is 1. The number of anilines is 1. The summed E-state index contributed by atoms with van der Waals surface area (Å²) in [6.45, 7) is 5.87. The number of nitrogens with one attached hydrogen (secondary N) is 1. The van der Waals surface area contributed by atoms with Crippen LogP contribution in [0.5, 0.6) is 0 Å². The van der Waals surface area contributed by atoms with Gasteiger partial charge < -0.3 is 5.32 Å². The number of sulfonamides is 1. The number of carbonyl (C=O) groups is 1. The molecule has 0 atom stereocenters. The highest BCUT2D eigenvalue weighted by Crippen LogP contribution is 2.32. The van der Waals surface area contributed by atoms with Gasteiger partial charge in [0, 0.05) is 12.6 Å². The normalized spacial score (nSPS) is 11.5. The minimum atomic E-state index is -3.98. The van der Waals surface area contributed by atoms with E-state index in [0.717, 1.165) is 12.8 Å². The van der Waals surface area contributed by atoms with Gasteiger partial charge >= 0.3 is 0 Å². The molecule has 2 aromatic carbocycles. The Morgan fingerprint density at radius 3 is 2.18 bits per heavy atom. The monoisotopic (exact) mass is 442 g/mol. The van der Waals surface area contributed by atoms with Crippen LogP contribution in [0.15, 0.2) is 47.4 Å². The number of rotatable bonds is 8. The van der Waals surface area contributed by atoms with Gasteiger partial charge in [-0.2, -0.15) is 0 Å². The summed E-state index contributed by atoms with van der Waals surface area (Å²) in [7, 11) is -3.98. The zero-order valence-corrected chi connectivity index (χ0v) is 18.4. The Labute approximate surface area is 176 Å². The maximum Gasteiger partial charge on any atom is 0.265 e. The fraction of sp³-hybridized carbons (Fsp3) is 0.350. The van der Waals surface area contributed by atoms with Crippen molar-refractivity contribution in [3.8, 4) is 0 Å². The van der Waals surface area contributed by atoms with Crippen molar-refractivity contribution in [3.05, 3.63) is 58.1 Å². The van der Waals surface area contributed by atoms with Gasteiger partial charge in [-0.1, -0.05) is 55.2 Å². The van der Waals surface area contributed by atoms with Gasteiger partial charge in [-0.3, -0.25) is 9.10 Å². The molecule has 0 radical (unpaired) electrons. The van der Waals surface area contributed by atoms with Crippen LogP contribution in [0, 0.1) is 0 Å². The highest BCUT2D eigenvalue weighted by Gasteiger charge is 2.28. The Morgan fingerprint density at radius 2 is 1.64 bits per heavy atom. The van der Waals surface area contributed by atoms with Crippen molar-refractivity contribution in [1.29, 1.82) is 0 Å². The van der Waals surface area contributed by atoms with Crippen molar-refractivity contribution in [2.45, 2.75) is 44.6 Å². The first-order valence-electron chi connectivity index (χ1n) is 9.13. The first-order chi connectivity index (χ1) is 13.3. The second-order valence-corrected chi connectivity index (χ2v) is 8.90. The standard InChI is InChI=1S/C20H24Cl2N2O3S/c1-4-14(5-2)23-20(25)16-12-19(18(22)13-17(16)21)28(26,27)24(6-3)15-10-8-7-9-11-15/h7-14H,4-6H2,1-3H3,(H,23,25). The molecule has 0 aromatic heterocycles. The molecule has 0 spiro atoms. The number of nitrogens with zero attached hydrogens (tertiary/aromatic N) is 1. The molecule has 0 aliphatic heterocycles. The van der Waals surface area contributed by atoms with Crippen LogP contribution in [0.2, 0.25) is 10.0 Å². The number of halogens is 2. The van der Waals surface area contributed by atoms with Crippen LogP contribution < -0.4 is 9.62 Å². The predicted molar refractivity (Wildman–Crippen MR) is 115 cm³/mol. The maximum absolute atomic E-state index is 13.3. The Bertz CT molecular complexity index is 930. The smallest absolute Gasteiger partial charge is 0.265 e. The molecule has 0 heterocycles. The van der Waals surface area contributed by atoms with Gasteiger partial charge in [0.15, 0.2) is 0 Å². The zero-order valence-electron chi connectivity index (χ0n) is 16.1. The van der Waals surface area contributed by atoms with E-state index < -0.39 is 15.9 Å². The number of carbonyl (C=O) groups excluding carboxylic acids is 1. The van der Waals surface area contributed by atoms with E-state index in [0.29, 0.717) is 5.69 Å². The third kappa shape index (κ3) is 4.80. The minimum Gasteiger partial charge on any atom is -0.349 e. The Balaban J connectivity index is 2.51.